The molecule has 0 fully saturated rings. The van der Waals surface area contributed by atoms with Crippen molar-refractivity contribution in [3.63, 3.8) is 0 Å². The van der Waals surface area contributed by atoms with Crippen molar-refractivity contribution in [1.29, 1.82) is 5.26 Å². The molecule has 90 valence electrons. The maximum absolute atomic E-state index is 13.4. The Morgan fingerprint density at radius 3 is 2.56 bits per heavy atom. The van der Waals surface area contributed by atoms with Crippen LogP contribution in [0.1, 0.15) is 5.56 Å². The van der Waals surface area contributed by atoms with Gasteiger partial charge in [0.2, 0.25) is 0 Å². The fourth-order valence-corrected chi connectivity index (χ4v) is 1.60. The molecule has 0 aromatic heterocycles. The average Bonchev–Trinajstić information content (AvgIpc) is 2.34. The zero-order valence-electron chi connectivity index (χ0n) is 9.05. The summed E-state index contributed by atoms with van der Waals surface area (Å²) in [5.74, 6) is -1.09. The Hall–Kier alpha value is -2.12. The molecular formula is C13H7ClF2N2. The second kappa shape index (κ2) is 5.03. The first kappa shape index (κ1) is 12.3. The molecule has 0 aliphatic carbocycles. The summed E-state index contributed by atoms with van der Waals surface area (Å²) in [5.41, 5.74) is 0.672. The van der Waals surface area contributed by atoms with Crippen LogP contribution in [0.2, 0.25) is 5.02 Å². The largest absolute Gasteiger partial charge is 0.354 e. The first-order chi connectivity index (χ1) is 8.60. The van der Waals surface area contributed by atoms with E-state index in [1.54, 1.807) is 6.07 Å². The Balaban J connectivity index is 2.32. The number of nitriles is 1. The van der Waals surface area contributed by atoms with Crippen LogP contribution in [-0.4, -0.2) is 0 Å². The molecule has 0 aliphatic rings. The number of halogens is 3. The molecule has 0 atom stereocenters. The van der Waals surface area contributed by atoms with E-state index in [4.69, 9.17) is 16.9 Å². The van der Waals surface area contributed by atoms with Crippen LogP contribution in [0.3, 0.4) is 0 Å². The van der Waals surface area contributed by atoms with Gasteiger partial charge in [-0.2, -0.15) is 5.26 Å². The van der Waals surface area contributed by atoms with E-state index in [-0.39, 0.29) is 5.56 Å². The Bertz CT molecular complexity index is 635. The maximum Gasteiger partial charge on any atom is 0.143 e. The monoisotopic (exact) mass is 264 g/mol. The molecule has 2 nitrogen and oxygen atoms in total. The van der Waals surface area contributed by atoms with Crippen LogP contribution < -0.4 is 5.32 Å². The molecule has 0 spiro atoms. The number of nitrogens with one attached hydrogen (secondary N) is 1. The van der Waals surface area contributed by atoms with Crippen LogP contribution in [0.25, 0.3) is 0 Å². The van der Waals surface area contributed by atoms with Gasteiger partial charge in [-0.3, -0.25) is 0 Å². The number of nitrogens with zero attached hydrogens (tertiary/aromatic N) is 1. The van der Waals surface area contributed by atoms with Crippen molar-refractivity contribution in [3.8, 4) is 6.07 Å². The molecule has 2 aromatic rings. The highest BCUT2D eigenvalue weighted by atomic mass is 35.5. The standard InChI is InChI=1S/C13H7ClF2N2/c14-11-4-2-9(15)5-13(11)18-10-3-1-8(7-17)12(16)6-10/h1-6,18H. The lowest BCUT2D eigenvalue weighted by Crippen LogP contribution is -1.94. The minimum absolute atomic E-state index is 0.0501. The summed E-state index contributed by atoms with van der Waals surface area (Å²) in [6.07, 6.45) is 0. The smallest absolute Gasteiger partial charge is 0.143 e. The maximum atomic E-state index is 13.4. The second-order valence-electron chi connectivity index (χ2n) is 3.56. The lowest BCUT2D eigenvalue weighted by Gasteiger charge is -2.08. The molecule has 5 heteroatoms. The molecular weight excluding hydrogens is 258 g/mol. The van der Waals surface area contributed by atoms with Gasteiger partial charge in [0.25, 0.3) is 0 Å². The SMILES string of the molecule is N#Cc1ccc(Nc2cc(F)ccc2Cl)cc1F. The molecule has 0 unspecified atom stereocenters. The van der Waals surface area contributed by atoms with Gasteiger partial charge >= 0.3 is 0 Å². The quantitative estimate of drug-likeness (QED) is 0.881. The number of rotatable bonds is 2. The Morgan fingerprint density at radius 2 is 1.89 bits per heavy atom. The van der Waals surface area contributed by atoms with E-state index < -0.39 is 11.6 Å². The molecule has 0 aliphatic heterocycles. The van der Waals surface area contributed by atoms with Crippen LogP contribution in [0.4, 0.5) is 20.2 Å². The predicted molar refractivity (Wildman–Crippen MR) is 65.8 cm³/mol. The van der Waals surface area contributed by atoms with Gasteiger partial charge in [-0.25, -0.2) is 8.78 Å². The first-order valence-corrected chi connectivity index (χ1v) is 5.39. The van der Waals surface area contributed by atoms with Gasteiger partial charge < -0.3 is 5.32 Å². The lowest BCUT2D eigenvalue weighted by molar-refractivity contribution is 0.624. The van der Waals surface area contributed by atoms with Gasteiger partial charge in [-0.15, -0.1) is 0 Å². The van der Waals surface area contributed by atoms with Crippen molar-refractivity contribution < 1.29 is 8.78 Å². The van der Waals surface area contributed by atoms with Crippen molar-refractivity contribution in [2.45, 2.75) is 0 Å². The van der Waals surface area contributed by atoms with Crippen molar-refractivity contribution in [2.75, 3.05) is 5.32 Å². The Labute approximate surface area is 107 Å². The molecule has 2 rings (SSSR count). The van der Waals surface area contributed by atoms with Gasteiger partial charge in [-0.1, -0.05) is 11.6 Å². The van der Waals surface area contributed by atoms with Crippen molar-refractivity contribution in [2.24, 2.45) is 0 Å². The third-order valence-electron chi connectivity index (χ3n) is 2.30. The zero-order chi connectivity index (χ0) is 13.1. The molecule has 0 saturated heterocycles. The van der Waals surface area contributed by atoms with Gasteiger partial charge in [0.05, 0.1) is 16.3 Å². The number of benzene rings is 2. The van der Waals surface area contributed by atoms with E-state index in [2.05, 4.69) is 5.32 Å². The lowest BCUT2D eigenvalue weighted by atomic mass is 10.2. The van der Waals surface area contributed by atoms with Crippen LogP contribution in [0, 0.1) is 23.0 Å². The first-order valence-electron chi connectivity index (χ1n) is 5.02. The van der Waals surface area contributed by atoms with E-state index >= 15 is 0 Å². The summed E-state index contributed by atoms with van der Waals surface area (Å²) < 4.78 is 26.4. The average molecular weight is 265 g/mol. The van der Waals surface area contributed by atoms with E-state index in [0.29, 0.717) is 16.4 Å². The highest BCUT2D eigenvalue weighted by Gasteiger charge is 2.06. The summed E-state index contributed by atoms with van der Waals surface area (Å²) >= 11 is 5.87. The molecule has 0 radical (unpaired) electrons. The molecule has 0 heterocycles. The van der Waals surface area contributed by atoms with Crippen LogP contribution in [0.15, 0.2) is 36.4 Å². The molecule has 0 saturated carbocycles. The number of hydrogen-bond donors (Lipinski definition) is 1. The molecule has 0 amide bonds. The summed E-state index contributed by atoms with van der Waals surface area (Å²) in [4.78, 5) is 0. The Kier molecular flexibility index (Phi) is 3.45. The van der Waals surface area contributed by atoms with E-state index in [9.17, 15) is 8.78 Å². The molecule has 0 bridgehead atoms. The minimum atomic E-state index is -0.643. The highest BCUT2D eigenvalue weighted by Crippen LogP contribution is 2.26. The van der Waals surface area contributed by atoms with Crippen LogP contribution in [0.5, 0.6) is 0 Å². The molecule has 2 aromatic carbocycles. The number of anilines is 2. The summed E-state index contributed by atoms with van der Waals surface area (Å²) in [6.45, 7) is 0. The van der Waals surface area contributed by atoms with Crippen molar-refractivity contribution in [3.05, 3.63) is 58.6 Å². The van der Waals surface area contributed by atoms with E-state index in [0.717, 1.165) is 6.07 Å². The Morgan fingerprint density at radius 1 is 1.11 bits per heavy atom. The summed E-state index contributed by atoms with van der Waals surface area (Å²) in [5, 5.41) is 11.7. The normalized spacial score (nSPS) is 9.89. The highest BCUT2D eigenvalue weighted by molar-refractivity contribution is 6.33. The van der Waals surface area contributed by atoms with Gasteiger partial charge in [0.15, 0.2) is 0 Å². The second-order valence-corrected chi connectivity index (χ2v) is 3.96. The van der Waals surface area contributed by atoms with Gasteiger partial charge in [0.1, 0.15) is 17.7 Å². The molecule has 1 N–H and O–H groups in total. The van der Waals surface area contributed by atoms with Crippen LogP contribution in [-0.2, 0) is 0 Å². The number of hydrogen-bond acceptors (Lipinski definition) is 2. The van der Waals surface area contributed by atoms with Gasteiger partial charge in [0, 0.05) is 5.69 Å². The summed E-state index contributed by atoms with van der Waals surface area (Å²) in [7, 11) is 0. The zero-order valence-corrected chi connectivity index (χ0v) is 9.80. The van der Waals surface area contributed by atoms with Gasteiger partial charge in [-0.05, 0) is 36.4 Å². The minimum Gasteiger partial charge on any atom is -0.354 e. The topological polar surface area (TPSA) is 35.8 Å². The summed E-state index contributed by atoms with van der Waals surface area (Å²) in [6, 6.07) is 9.56. The van der Waals surface area contributed by atoms with Crippen molar-refractivity contribution >= 4 is 23.0 Å². The van der Waals surface area contributed by atoms with E-state index in [1.807, 2.05) is 0 Å². The third kappa shape index (κ3) is 2.58. The fourth-order valence-electron chi connectivity index (χ4n) is 1.43. The van der Waals surface area contributed by atoms with Crippen molar-refractivity contribution in [1.82, 2.24) is 0 Å². The van der Waals surface area contributed by atoms with E-state index in [1.165, 1.54) is 30.3 Å². The fraction of sp³-hybridized carbons (Fsp3) is 0. The predicted octanol–water partition coefficient (Wildman–Crippen LogP) is 4.23. The third-order valence-corrected chi connectivity index (χ3v) is 2.63. The van der Waals surface area contributed by atoms with Crippen LogP contribution >= 0.6 is 11.6 Å². The molecule has 18 heavy (non-hydrogen) atoms.